The molecule has 2 aromatic rings. The predicted octanol–water partition coefficient (Wildman–Crippen LogP) is 3.09. The number of rotatable bonds is 5. The highest BCUT2D eigenvalue weighted by Crippen LogP contribution is 2.35. The van der Waals surface area contributed by atoms with E-state index in [-0.39, 0.29) is 6.10 Å². The summed E-state index contributed by atoms with van der Waals surface area (Å²) >= 11 is 1.74. The minimum atomic E-state index is -0.277. The Hall–Kier alpha value is -1.24. The van der Waals surface area contributed by atoms with Crippen molar-refractivity contribution in [3.8, 4) is 0 Å². The summed E-state index contributed by atoms with van der Waals surface area (Å²) in [4.78, 5) is 15.4. The summed E-state index contributed by atoms with van der Waals surface area (Å²) < 4.78 is 0. The average molecular weight is 363 g/mol. The molecule has 0 radical (unpaired) electrons. The molecule has 1 saturated heterocycles. The number of hydrogen-bond acceptors (Lipinski definition) is 6. The van der Waals surface area contributed by atoms with Gasteiger partial charge in [-0.15, -0.1) is 11.3 Å². The molecule has 5 nitrogen and oxygen atoms in total. The molecule has 0 saturated carbocycles. The largest absolute Gasteiger partial charge is 0.392 e. The third kappa shape index (κ3) is 4.13. The van der Waals surface area contributed by atoms with Gasteiger partial charge in [0.15, 0.2) is 0 Å². The maximum atomic E-state index is 9.67. The smallest absolute Gasteiger partial charge is 0.141 e. The first-order valence-electron chi connectivity index (χ1n) is 9.27. The average Bonchev–Trinajstić information content (AvgIpc) is 2.88. The highest BCUT2D eigenvalue weighted by Gasteiger charge is 2.28. The molecule has 0 amide bonds. The Morgan fingerprint density at radius 1 is 1.28 bits per heavy atom. The van der Waals surface area contributed by atoms with Crippen LogP contribution in [-0.2, 0) is 6.42 Å². The lowest BCUT2D eigenvalue weighted by atomic mass is 10.0. The van der Waals surface area contributed by atoms with Gasteiger partial charge in [0.2, 0.25) is 0 Å². The van der Waals surface area contributed by atoms with Crippen LogP contribution in [0, 0.1) is 12.8 Å². The third-order valence-corrected chi connectivity index (χ3v) is 5.66. The van der Waals surface area contributed by atoms with Gasteiger partial charge in [0.05, 0.1) is 11.5 Å². The number of thiophene rings is 1. The molecule has 1 fully saturated rings. The van der Waals surface area contributed by atoms with Gasteiger partial charge in [-0.1, -0.05) is 13.8 Å². The lowest BCUT2D eigenvalue weighted by molar-refractivity contribution is 0.114. The van der Waals surface area contributed by atoms with E-state index in [4.69, 9.17) is 4.98 Å². The summed E-state index contributed by atoms with van der Waals surface area (Å²) in [6.45, 7) is 14.2. The van der Waals surface area contributed by atoms with Gasteiger partial charge in [0.25, 0.3) is 0 Å². The van der Waals surface area contributed by atoms with Crippen LogP contribution in [0.4, 0.5) is 5.82 Å². The molecule has 0 unspecified atom stereocenters. The van der Waals surface area contributed by atoms with Gasteiger partial charge in [-0.05, 0) is 44.1 Å². The van der Waals surface area contributed by atoms with E-state index in [1.54, 1.807) is 11.3 Å². The van der Waals surface area contributed by atoms with Crippen molar-refractivity contribution in [2.24, 2.45) is 5.92 Å². The number of β-amino-alcohol motifs (C(OH)–C–C–N with tert-alkyl or cyclic N) is 1. The van der Waals surface area contributed by atoms with Gasteiger partial charge in [0.1, 0.15) is 16.5 Å². The highest BCUT2D eigenvalue weighted by atomic mass is 32.1. The summed E-state index contributed by atoms with van der Waals surface area (Å²) in [5, 5.41) is 13.2. The molecular formula is C19H30N4OS. The molecule has 0 spiro atoms. The van der Waals surface area contributed by atoms with Crippen molar-refractivity contribution < 1.29 is 5.11 Å². The molecule has 0 aromatic carbocycles. The minimum absolute atomic E-state index is 0.277. The van der Waals surface area contributed by atoms with Gasteiger partial charge in [-0.25, -0.2) is 9.97 Å². The van der Waals surface area contributed by atoms with Crippen LogP contribution in [-0.4, -0.2) is 58.3 Å². The maximum Gasteiger partial charge on any atom is 0.141 e. The van der Waals surface area contributed by atoms with Crippen LogP contribution in [0.25, 0.3) is 10.2 Å². The summed E-state index contributed by atoms with van der Waals surface area (Å²) in [5.41, 5.74) is 1.38. The first kappa shape index (κ1) is 18.5. The Morgan fingerprint density at radius 3 is 2.68 bits per heavy atom. The van der Waals surface area contributed by atoms with Crippen molar-refractivity contribution in [2.45, 2.75) is 53.2 Å². The molecule has 25 heavy (non-hydrogen) atoms. The van der Waals surface area contributed by atoms with Crippen molar-refractivity contribution in [1.29, 1.82) is 0 Å². The van der Waals surface area contributed by atoms with E-state index in [0.717, 1.165) is 49.1 Å². The molecule has 3 heterocycles. The van der Waals surface area contributed by atoms with Gasteiger partial charge in [-0.3, -0.25) is 4.90 Å². The molecule has 3 rings (SSSR count). The predicted molar refractivity (Wildman–Crippen MR) is 106 cm³/mol. The van der Waals surface area contributed by atoms with Crippen LogP contribution in [0.3, 0.4) is 0 Å². The summed E-state index contributed by atoms with van der Waals surface area (Å²) in [6, 6.07) is 0.372. The molecular weight excluding hydrogens is 332 g/mol. The van der Waals surface area contributed by atoms with E-state index >= 15 is 0 Å². The monoisotopic (exact) mass is 362 g/mol. The summed E-state index contributed by atoms with van der Waals surface area (Å²) in [6.07, 6.45) is 0.789. The second-order valence-corrected chi connectivity index (χ2v) is 8.64. The molecule has 138 valence electrons. The van der Waals surface area contributed by atoms with Gasteiger partial charge < -0.3 is 10.0 Å². The van der Waals surface area contributed by atoms with Crippen LogP contribution < -0.4 is 4.90 Å². The van der Waals surface area contributed by atoms with E-state index in [2.05, 4.69) is 40.9 Å². The Balaban J connectivity index is 1.93. The van der Waals surface area contributed by atoms with E-state index in [1.807, 2.05) is 13.8 Å². The first-order valence-corrected chi connectivity index (χ1v) is 10.1. The SMILES string of the molecule is Cc1nc(N2CCN(C[C@@H](C)O)C[C@H]2C)c2c(CC(C)C)csc2n1. The van der Waals surface area contributed by atoms with Crippen LogP contribution in [0.2, 0.25) is 0 Å². The fraction of sp³-hybridized carbons (Fsp3) is 0.684. The number of fused-ring (bicyclic) bond motifs is 1. The third-order valence-electron chi connectivity index (χ3n) is 4.74. The van der Waals surface area contributed by atoms with E-state index in [9.17, 15) is 5.11 Å². The summed E-state index contributed by atoms with van der Waals surface area (Å²) in [7, 11) is 0. The van der Waals surface area contributed by atoms with Crippen LogP contribution >= 0.6 is 11.3 Å². The lowest BCUT2D eigenvalue weighted by Gasteiger charge is -2.41. The zero-order chi connectivity index (χ0) is 18.1. The standard InChI is InChI=1S/C19H30N4OS/c1-12(2)8-16-11-25-19-17(16)18(20-15(5)21-19)23-7-6-22(9-13(23)3)10-14(4)24/h11-14,24H,6-10H2,1-5H3/t13-,14-/m1/s1. The van der Waals surface area contributed by atoms with E-state index in [0.29, 0.717) is 12.0 Å². The number of nitrogens with zero attached hydrogens (tertiary/aromatic N) is 4. The number of aromatic nitrogens is 2. The number of aliphatic hydroxyl groups is 1. The van der Waals surface area contributed by atoms with Gasteiger partial charge >= 0.3 is 0 Å². The Bertz CT molecular complexity index is 728. The molecule has 0 aliphatic carbocycles. The molecule has 6 heteroatoms. The molecule has 0 bridgehead atoms. The Kier molecular flexibility index (Phi) is 5.61. The Morgan fingerprint density at radius 2 is 2.04 bits per heavy atom. The quantitative estimate of drug-likeness (QED) is 0.886. The molecule has 1 N–H and O–H groups in total. The first-order chi connectivity index (χ1) is 11.8. The number of piperazine rings is 1. The summed E-state index contributed by atoms with van der Waals surface area (Å²) in [5.74, 6) is 2.56. The number of hydrogen-bond donors (Lipinski definition) is 1. The van der Waals surface area contributed by atoms with Crippen molar-refractivity contribution in [1.82, 2.24) is 14.9 Å². The normalized spacial score (nSPS) is 20.6. The molecule has 2 atom stereocenters. The van der Waals surface area contributed by atoms with Crippen LogP contribution in [0.15, 0.2) is 5.38 Å². The van der Waals surface area contributed by atoms with Gasteiger partial charge in [0, 0.05) is 32.2 Å². The fourth-order valence-corrected chi connectivity index (χ4v) is 4.76. The number of aliphatic hydroxyl groups excluding tert-OH is 1. The van der Waals surface area contributed by atoms with Crippen molar-refractivity contribution in [3.63, 3.8) is 0 Å². The van der Waals surface area contributed by atoms with Crippen molar-refractivity contribution in [2.75, 3.05) is 31.1 Å². The number of aryl methyl sites for hydroxylation is 1. The lowest BCUT2D eigenvalue weighted by Crippen LogP contribution is -2.53. The topological polar surface area (TPSA) is 52.5 Å². The minimum Gasteiger partial charge on any atom is -0.392 e. The van der Waals surface area contributed by atoms with Gasteiger partial charge in [-0.2, -0.15) is 0 Å². The molecule has 2 aromatic heterocycles. The number of anilines is 1. The molecule has 1 aliphatic rings. The second kappa shape index (κ2) is 7.56. The zero-order valence-corrected chi connectivity index (χ0v) is 16.8. The zero-order valence-electron chi connectivity index (χ0n) is 16.0. The van der Waals surface area contributed by atoms with Crippen LogP contribution in [0.5, 0.6) is 0 Å². The van der Waals surface area contributed by atoms with Crippen molar-refractivity contribution >= 4 is 27.4 Å². The second-order valence-electron chi connectivity index (χ2n) is 7.78. The fourth-order valence-electron chi connectivity index (χ4n) is 3.77. The van der Waals surface area contributed by atoms with Crippen LogP contribution in [0.1, 0.15) is 39.1 Å². The van der Waals surface area contributed by atoms with E-state index < -0.39 is 0 Å². The Labute approximate surface area is 154 Å². The maximum absolute atomic E-state index is 9.67. The van der Waals surface area contributed by atoms with E-state index in [1.165, 1.54) is 10.9 Å². The highest BCUT2D eigenvalue weighted by molar-refractivity contribution is 7.17. The molecule has 1 aliphatic heterocycles. The van der Waals surface area contributed by atoms with Crippen molar-refractivity contribution in [3.05, 3.63) is 16.8 Å².